The molecule has 1 aromatic carbocycles. The van der Waals surface area contributed by atoms with Crippen LogP contribution < -0.4 is 0 Å². The number of hydrogen-bond donors (Lipinski definition) is 0. The Morgan fingerprint density at radius 1 is 1.14 bits per heavy atom. The number of aryl methyl sites for hydroxylation is 1. The second kappa shape index (κ2) is 3.20. The van der Waals surface area contributed by atoms with Crippen molar-refractivity contribution in [1.29, 1.82) is 0 Å². The van der Waals surface area contributed by atoms with Crippen molar-refractivity contribution in [3.8, 4) is 0 Å². The summed E-state index contributed by atoms with van der Waals surface area (Å²) in [5.41, 5.74) is -0.127. The maximum absolute atomic E-state index is 13.3. The Hall–Kier alpha value is -0.620. The Labute approximate surface area is 89.7 Å². The summed E-state index contributed by atoms with van der Waals surface area (Å²) in [5.74, 6) is -3.12. The fraction of sp³-hybridized carbons (Fsp3) is 0.125. The van der Waals surface area contributed by atoms with Gasteiger partial charge in [0, 0.05) is 0 Å². The van der Waals surface area contributed by atoms with Crippen molar-refractivity contribution in [2.24, 2.45) is 0 Å². The van der Waals surface area contributed by atoms with Crippen LogP contribution >= 0.6 is 27.3 Å². The molecule has 0 unspecified atom stereocenters. The lowest BCUT2D eigenvalue weighted by molar-refractivity contribution is 0.499. The van der Waals surface area contributed by atoms with Crippen molar-refractivity contribution in [1.82, 2.24) is 4.98 Å². The van der Waals surface area contributed by atoms with Gasteiger partial charge in [0.25, 0.3) is 0 Å². The molecule has 0 saturated carbocycles. The average Bonchev–Trinajstić information content (AvgIpc) is 2.54. The molecule has 14 heavy (non-hydrogen) atoms. The molecule has 0 fully saturated rings. The topological polar surface area (TPSA) is 12.9 Å². The summed E-state index contributed by atoms with van der Waals surface area (Å²) < 4.78 is 39.1. The molecule has 0 saturated heterocycles. The number of thiazole rings is 1. The van der Waals surface area contributed by atoms with E-state index in [0.717, 1.165) is 11.3 Å². The normalized spacial score (nSPS) is 11.2. The summed E-state index contributed by atoms with van der Waals surface area (Å²) in [7, 11) is 0. The maximum Gasteiger partial charge on any atom is 0.179 e. The van der Waals surface area contributed by atoms with Crippen molar-refractivity contribution in [2.45, 2.75) is 6.92 Å². The number of fused-ring (bicyclic) bond motifs is 1. The van der Waals surface area contributed by atoms with Crippen LogP contribution in [0.2, 0.25) is 0 Å². The minimum Gasteiger partial charge on any atom is -0.238 e. The molecule has 0 spiro atoms. The first-order valence-electron chi connectivity index (χ1n) is 3.61. The third-order valence-corrected chi connectivity index (χ3v) is 3.38. The van der Waals surface area contributed by atoms with E-state index in [9.17, 15) is 13.2 Å². The summed E-state index contributed by atoms with van der Waals surface area (Å²) in [5, 5.41) is 0.496. The number of aromatic nitrogens is 1. The van der Waals surface area contributed by atoms with Crippen molar-refractivity contribution in [3.63, 3.8) is 0 Å². The van der Waals surface area contributed by atoms with Gasteiger partial charge in [-0.2, -0.15) is 0 Å². The largest absolute Gasteiger partial charge is 0.238 e. The predicted octanol–water partition coefficient (Wildman–Crippen LogP) is 3.78. The van der Waals surface area contributed by atoms with Gasteiger partial charge in [-0.3, -0.25) is 0 Å². The lowest BCUT2D eigenvalue weighted by atomic mass is 10.3. The molecule has 2 rings (SSSR count). The molecular formula is C8H3BrF3NS. The SMILES string of the molecule is Cc1nc2c(F)c(Br)c(F)c(F)c2s1. The third-order valence-electron chi connectivity index (χ3n) is 1.72. The van der Waals surface area contributed by atoms with E-state index in [2.05, 4.69) is 20.9 Å². The van der Waals surface area contributed by atoms with Crippen molar-refractivity contribution < 1.29 is 13.2 Å². The van der Waals surface area contributed by atoms with Crippen LogP contribution in [0.1, 0.15) is 5.01 Å². The zero-order chi connectivity index (χ0) is 10.5. The maximum atomic E-state index is 13.3. The highest BCUT2D eigenvalue weighted by Gasteiger charge is 2.21. The van der Waals surface area contributed by atoms with Gasteiger partial charge in [-0.15, -0.1) is 11.3 Å². The Balaban J connectivity index is 3.01. The van der Waals surface area contributed by atoms with E-state index in [1.807, 2.05) is 0 Å². The van der Waals surface area contributed by atoms with Gasteiger partial charge >= 0.3 is 0 Å². The lowest BCUT2D eigenvalue weighted by Gasteiger charge is -1.99. The second-order valence-electron chi connectivity index (χ2n) is 2.67. The zero-order valence-electron chi connectivity index (χ0n) is 6.87. The number of rotatable bonds is 0. The van der Waals surface area contributed by atoms with Crippen molar-refractivity contribution in [3.05, 3.63) is 26.9 Å². The van der Waals surface area contributed by atoms with Gasteiger partial charge in [0.15, 0.2) is 17.5 Å². The average molecular weight is 282 g/mol. The quantitative estimate of drug-likeness (QED) is 0.529. The van der Waals surface area contributed by atoms with E-state index >= 15 is 0 Å². The highest BCUT2D eigenvalue weighted by atomic mass is 79.9. The summed E-state index contributed by atoms with van der Waals surface area (Å²) >= 11 is 3.56. The molecular weight excluding hydrogens is 279 g/mol. The van der Waals surface area contributed by atoms with Gasteiger partial charge < -0.3 is 0 Å². The van der Waals surface area contributed by atoms with Crippen molar-refractivity contribution >= 4 is 37.5 Å². The van der Waals surface area contributed by atoms with Crippen LogP contribution in [0.3, 0.4) is 0 Å². The minimum atomic E-state index is -1.21. The molecule has 1 aromatic heterocycles. The first-order valence-corrected chi connectivity index (χ1v) is 5.22. The van der Waals surface area contributed by atoms with E-state index in [1.54, 1.807) is 6.92 Å². The minimum absolute atomic E-state index is 0.0827. The van der Waals surface area contributed by atoms with Gasteiger partial charge in [-0.25, -0.2) is 18.2 Å². The Bertz CT molecular complexity index is 478. The van der Waals surface area contributed by atoms with Crippen LogP contribution in [0.15, 0.2) is 4.47 Å². The first-order chi connectivity index (χ1) is 6.52. The van der Waals surface area contributed by atoms with Crippen molar-refractivity contribution in [2.75, 3.05) is 0 Å². The van der Waals surface area contributed by atoms with Crippen LogP contribution in [0.25, 0.3) is 10.2 Å². The number of benzene rings is 1. The molecule has 0 aliphatic carbocycles. The molecule has 0 amide bonds. The monoisotopic (exact) mass is 281 g/mol. The zero-order valence-corrected chi connectivity index (χ0v) is 9.27. The Morgan fingerprint density at radius 2 is 1.79 bits per heavy atom. The van der Waals surface area contributed by atoms with Gasteiger partial charge in [-0.05, 0) is 22.9 Å². The highest BCUT2D eigenvalue weighted by Crippen LogP contribution is 2.33. The molecule has 2 aromatic rings. The van der Waals surface area contributed by atoms with E-state index in [0.29, 0.717) is 5.01 Å². The summed E-state index contributed by atoms with van der Waals surface area (Å²) in [6.07, 6.45) is 0. The molecule has 74 valence electrons. The molecule has 1 heterocycles. The van der Waals surface area contributed by atoms with Gasteiger partial charge in [0.2, 0.25) is 0 Å². The van der Waals surface area contributed by atoms with Gasteiger partial charge in [0.05, 0.1) is 14.2 Å². The van der Waals surface area contributed by atoms with Gasteiger partial charge in [0.1, 0.15) is 5.52 Å². The fourth-order valence-corrected chi connectivity index (χ4v) is 2.33. The summed E-state index contributed by atoms with van der Waals surface area (Å²) in [4.78, 5) is 3.78. The first kappa shape index (κ1) is 9.92. The second-order valence-corrected chi connectivity index (χ2v) is 4.66. The molecule has 6 heteroatoms. The van der Waals surface area contributed by atoms with Gasteiger partial charge in [-0.1, -0.05) is 0 Å². The molecule has 0 atom stereocenters. The number of nitrogens with zero attached hydrogens (tertiary/aromatic N) is 1. The van der Waals surface area contributed by atoms with Crippen LogP contribution in [-0.4, -0.2) is 4.98 Å². The lowest BCUT2D eigenvalue weighted by Crippen LogP contribution is -1.91. The molecule has 0 radical (unpaired) electrons. The molecule has 1 nitrogen and oxygen atoms in total. The number of halogens is 4. The molecule has 0 aliphatic heterocycles. The smallest absolute Gasteiger partial charge is 0.179 e. The Kier molecular flexibility index (Phi) is 2.27. The molecule has 0 bridgehead atoms. The van der Waals surface area contributed by atoms with Crippen LogP contribution in [-0.2, 0) is 0 Å². The highest BCUT2D eigenvalue weighted by molar-refractivity contribution is 9.10. The fourth-order valence-electron chi connectivity index (χ4n) is 1.12. The van der Waals surface area contributed by atoms with Crippen LogP contribution in [0.4, 0.5) is 13.2 Å². The summed E-state index contributed by atoms with van der Waals surface area (Å²) in [6, 6.07) is 0. The Morgan fingerprint density at radius 3 is 2.43 bits per heavy atom. The number of hydrogen-bond acceptors (Lipinski definition) is 2. The van der Waals surface area contributed by atoms with E-state index in [1.165, 1.54) is 0 Å². The van der Waals surface area contributed by atoms with E-state index < -0.39 is 21.9 Å². The predicted molar refractivity (Wildman–Crippen MR) is 51.9 cm³/mol. The van der Waals surface area contributed by atoms with Crippen LogP contribution in [0, 0.1) is 24.4 Å². The molecule has 0 aliphatic rings. The standard InChI is InChI=1S/C8H3BrF3NS/c1-2-13-7-5(11)3(9)4(10)6(12)8(7)14-2/h1H3. The molecule has 0 N–H and O–H groups in total. The third kappa shape index (κ3) is 1.25. The van der Waals surface area contributed by atoms with E-state index in [4.69, 9.17) is 0 Å². The van der Waals surface area contributed by atoms with E-state index in [-0.39, 0.29) is 10.2 Å². The summed E-state index contributed by atoms with van der Waals surface area (Å²) in [6.45, 7) is 1.61. The van der Waals surface area contributed by atoms with Crippen LogP contribution in [0.5, 0.6) is 0 Å².